The maximum Gasteiger partial charge on any atom is 0.338 e. The minimum absolute atomic E-state index is 0.0199. The van der Waals surface area contributed by atoms with Gasteiger partial charge in [0.05, 0.1) is 17.1 Å². The van der Waals surface area contributed by atoms with Crippen LogP contribution in [0.2, 0.25) is 0 Å². The number of carbonyl (C=O) groups excluding carboxylic acids is 2. The molecule has 4 nitrogen and oxygen atoms in total. The van der Waals surface area contributed by atoms with Gasteiger partial charge in [0.2, 0.25) is 0 Å². The molecule has 0 N–H and O–H groups in total. The Balaban J connectivity index is 1.47. The van der Waals surface area contributed by atoms with Gasteiger partial charge in [-0.3, -0.25) is 4.79 Å². The maximum atomic E-state index is 12.3. The van der Waals surface area contributed by atoms with E-state index >= 15 is 0 Å². The second-order valence-corrected chi connectivity index (χ2v) is 7.18. The second-order valence-electron chi connectivity index (χ2n) is 7.18. The van der Waals surface area contributed by atoms with Crippen molar-refractivity contribution in [2.75, 3.05) is 6.61 Å². The molecule has 1 aliphatic carbocycles. The van der Waals surface area contributed by atoms with Crippen LogP contribution in [0.3, 0.4) is 0 Å². The number of benzene rings is 1. The summed E-state index contributed by atoms with van der Waals surface area (Å²) in [5, 5.41) is 0. The zero-order valence-corrected chi connectivity index (χ0v) is 13.8. The molecule has 0 amide bonds. The van der Waals surface area contributed by atoms with Gasteiger partial charge >= 0.3 is 5.97 Å². The number of ketones is 1. The van der Waals surface area contributed by atoms with Crippen molar-refractivity contribution in [3.05, 3.63) is 48.2 Å². The Labute approximate surface area is 142 Å². The van der Waals surface area contributed by atoms with E-state index in [2.05, 4.69) is 4.90 Å². The van der Waals surface area contributed by atoms with Crippen LogP contribution in [0.4, 0.5) is 0 Å². The first kappa shape index (κ1) is 15.4. The number of carbonyl (C=O) groups is 2. The molecule has 3 aliphatic rings. The first-order chi connectivity index (χ1) is 11.7. The average Bonchev–Trinajstić information content (AvgIpc) is 2.98. The molecule has 3 atom stereocenters. The lowest BCUT2D eigenvalue weighted by Gasteiger charge is -2.50. The smallest absolute Gasteiger partial charge is 0.338 e. The molecule has 0 bridgehead atoms. The first-order valence-electron chi connectivity index (χ1n) is 8.93. The molecule has 1 aromatic rings. The van der Waals surface area contributed by atoms with Crippen molar-refractivity contribution >= 4 is 11.8 Å². The molecule has 0 unspecified atom stereocenters. The molecule has 1 aromatic carbocycles. The van der Waals surface area contributed by atoms with Gasteiger partial charge in [0.25, 0.3) is 0 Å². The van der Waals surface area contributed by atoms with Gasteiger partial charge in [-0.15, -0.1) is 0 Å². The molecular weight excluding hydrogens is 302 g/mol. The van der Waals surface area contributed by atoms with Gasteiger partial charge in [0, 0.05) is 12.1 Å². The van der Waals surface area contributed by atoms with E-state index in [0.29, 0.717) is 12.2 Å². The van der Waals surface area contributed by atoms with E-state index in [1.54, 1.807) is 18.2 Å². The van der Waals surface area contributed by atoms with Crippen LogP contribution in [0, 0.1) is 5.92 Å². The van der Waals surface area contributed by atoms with E-state index in [-0.39, 0.29) is 29.3 Å². The summed E-state index contributed by atoms with van der Waals surface area (Å²) in [7, 11) is 0. The van der Waals surface area contributed by atoms with E-state index in [4.69, 9.17) is 4.74 Å². The summed E-state index contributed by atoms with van der Waals surface area (Å²) in [6, 6.07) is 9.29. The Morgan fingerprint density at radius 3 is 2.83 bits per heavy atom. The van der Waals surface area contributed by atoms with Gasteiger partial charge in [-0.1, -0.05) is 31.0 Å². The number of hydrogen-bond acceptors (Lipinski definition) is 4. The largest absolute Gasteiger partial charge is 0.460 e. The molecule has 2 aliphatic heterocycles. The maximum absolute atomic E-state index is 12.3. The van der Waals surface area contributed by atoms with E-state index in [9.17, 15) is 9.59 Å². The monoisotopic (exact) mass is 325 g/mol. The fraction of sp³-hybridized carbons (Fsp3) is 0.500. The molecular formula is C20H23NO3. The van der Waals surface area contributed by atoms with Crippen molar-refractivity contribution in [1.82, 2.24) is 4.90 Å². The van der Waals surface area contributed by atoms with Gasteiger partial charge in [-0.2, -0.15) is 0 Å². The van der Waals surface area contributed by atoms with Crippen LogP contribution < -0.4 is 0 Å². The molecule has 1 saturated heterocycles. The highest BCUT2D eigenvalue weighted by Gasteiger charge is 2.54. The van der Waals surface area contributed by atoms with Crippen LogP contribution >= 0.6 is 0 Å². The highest BCUT2D eigenvalue weighted by molar-refractivity contribution is 5.94. The third-order valence-corrected chi connectivity index (χ3v) is 5.98. The number of ether oxygens (including phenoxy) is 1. The summed E-state index contributed by atoms with van der Waals surface area (Å²) in [5.74, 6) is 0.146. The number of rotatable bonds is 3. The van der Waals surface area contributed by atoms with E-state index in [1.165, 1.54) is 6.42 Å². The molecule has 24 heavy (non-hydrogen) atoms. The average molecular weight is 325 g/mol. The minimum Gasteiger partial charge on any atom is -0.460 e. The molecule has 2 heterocycles. The Bertz CT molecular complexity index is 669. The minimum atomic E-state index is -0.270. The Kier molecular flexibility index (Phi) is 3.91. The Morgan fingerprint density at radius 2 is 2.00 bits per heavy atom. The van der Waals surface area contributed by atoms with Crippen molar-refractivity contribution in [3.63, 3.8) is 0 Å². The summed E-state index contributed by atoms with van der Waals surface area (Å²) >= 11 is 0. The SMILES string of the molecule is O=C(OC[C@H]1CC[C@]23CCCC[C@H]2C(=O)C=CN13)c1ccccc1. The van der Waals surface area contributed by atoms with Crippen LogP contribution in [0.5, 0.6) is 0 Å². The summed E-state index contributed by atoms with van der Waals surface area (Å²) in [4.78, 5) is 26.9. The third kappa shape index (κ3) is 2.45. The number of nitrogens with zero attached hydrogens (tertiary/aromatic N) is 1. The van der Waals surface area contributed by atoms with Gasteiger partial charge in [0.15, 0.2) is 5.78 Å². The molecule has 0 aromatic heterocycles. The summed E-state index contributed by atoms with van der Waals surface area (Å²) in [6.45, 7) is 0.390. The quantitative estimate of drug-likeness (QED) is 0.800. The standard InChI is InChI=1S/C20H23NO3/c22-18-10-13-21-16(9-12-20(21)11-5-4-8-17(18)20)14-24-19(23)15-6-2-1-3-7-15/h1-3,6-7,10,13,16-17H,4-5,8-9,11-12,14H2/t16-,17+,20-/m1/s1. The van der Waals surface area contributed by atoms with Gasteiger partial charge in [-0.25, -0.2) is 4.79 Å². The zero-order valence-electron chi connectivity index (χ0n) is 13.8. The normalized spacial score (nSPS) is 31.5. The predicted octanol–water partition coefficient (Wildman–Crippen LogP) is 3.33. The Morgan fingerprint density at radius 1 is 1.17 bits per heavy atom. The molecule has 4 heteroatoms. The number of hydrogen-bond donors (Lipinski definition) is 0. The van der Waals surface area contributed by atoms with Crippen molar-refractivity contribution in [2.24, 2.45) is 5.92 Å². The zero-order chi connectivity index (χ0) is 16.6. The fourth-order valence-corrected chi connectivity index (χ4v) is 4.82. The van der Waals surface area contributed by atoms with Crippen LogP contribution in [0.25, 0.3) is 0 Å². The molecule has 0 radical (unpaired) electrons. The van der Waals surface area contributed by atoms with Crippen molar-refractivity contribution < 1.29 is 14.3 Å². The van der Waals surface area contributed by atoms with Gasteiger partial charge in [-0.05, 0) is 43.9 Å². The third-order valence-electron chi connectivity index (χ3n) is 5.98. The highest BCUT2D eigenvalue weighted by atomic mass is 16.5. The summed E-state index contributed by atoms with van der Waals surface area (Å²) < 4.78 is 5.56. The topological polar surface area (TPSA) is 46.6 Å². The molecule has 1 spiro atoms. The van der Waals surface area contributed by atoms with Crippen LogP contribution in [0.1, 0.15) is 48.9 Å². The number of esters is 1. The molecule has 126 valence electrons. The van der Waals surface area contributed by atoms with Crippen LogP contribution in [-0.2, 0) is 9.53 Å². The fourth-order valence-electron chi connectivity index (χ4n) is 4.82. The highest BCUT2D eigenvalue weighted by Crippen LogP contribution is 2.50. The second kappa shape index (κ2) is 6.08. The van der Waals surface area contributed by atoms with Crippen molar-refractivity contribution in [2.45, 2.75) is 50.1 Å². The Hall–Kier alpha value is -2.10. The predicted molar refractivity (Wildman–Crippen MR) is 90.4 cm³/mol. The summed E-state index contributed by atoms with van der Waals surface area (Å²) in [5.41, 5.74) is 0.568. The van der Waals surface area contributed by atoms with Crippen LogP contribution in [0.15, 0.2) is 42.6 Å². The lowest BCUT2D eigenvalue weighted by Crippen LogP contribution is -2.56. The van der Waals surface area contributed by atoms with Gasteiger partial charge < -0.3 is 9.64 Å². The number of allylic oxidation sites excluding steroid dienone is 1. The molecule has 2 fully saturated rings. The lowest BCUT2D eigenvalue weighted by atomic mass is 9.68. The van der Waals surface area contributed by atoms with Crippen LogP contribution in [-0.4, -0.2) is 34.8 Å². The van der Waals surface area contributed by atoms with Crippen molar-refractivity contribution in [1.29, 1.82) is 0 Å². The van der Waals surface area contributed by atoms with Crippen molar-refractivity contribution in [3.8, 4) is 0 Å². The van der Waals surface area contributed by atoms with Gasteiger partial charge in [0.1, 0.15) is 6.61 Å². The summed E-state index contributed by atoms with van der Waals surface area (Å²) in [6.07, 6.45) is 10.1. The van der Waals surface area contributed by atoms with E-state index in [1.807, 2.05) is 24.4 Å². The molecule has 1 saturated carbocycles. The van der Waals surface area contributed by atoms with E-state index < -0.39 is 0 Å². The first-order valence-corrected chi connectivity index (χ1v) is 8.93. The van der Waals surface area contributed by atoms with E-state index in [0.717, 1.165) is 32.1 Å². The lowest BCUT2D eigenvalue weighted by molar-refractivity contribution is -0.126. The molecule has 4 rings (SSSR count).